The molecule has 4 N–H and O–H groups in total. The van der Waals surface area contributed by atoms with E-state index in [0.29, 0.717) is 22.3 Å². The number of carbonyl (C=O) groups is 1. The SMILES string of the molecule is CNC(=O)c1cccc(C#Cc2cccc(C3OC(CO)CC(O)C3O)c2)c1. The fraction of sp³-hybridized carbons (Fsp3) is 0.318. The van der Waals surface area contributed by atoms with Crippen molar-refractivity contribution in [2.75, 3.05) is 13.7 Å². The van der Waals surface area contributed by atoms with Crippen LogP contribution in [0.3, 0.4) is 0 Å². The molecule has 1 amide bonds. The van der Waals surface area contributed by atoms with E-state index in [2.05, 4.69) is 17.2 Å². The van der Waals surface area contributed by atoms with Gasteiger partial charge in [-0.3, -0.25) is 4.79 Å². The Morgan fingerprint density at radius 1 is 1.14 bits per heavy atom. The Morgan fingerprint density at radius 2 is 1.82 bits per heavy atom. The fourth-order valence-corrected chi connectivity index (χ4v) is 3.17. The smallest absolute Gasteiger partial charge is 0.251 e. The minimum absolute atomic E-state index is 0.175. The van der Waals surface area contributed by atoms with Crippen LogP contribution >= 0.6 is 0 Å². The lowest BCUT2D eigenvalue weighted by atomic mass is 9.92. The van der Waals surface area contributed by atoms with Gasteiger partial charge in [0.15, 0.2) is 0 Å². The van der Waals surface area contributed by atoms with E-state index >= 15 is 0 Å². The Kier molecular flexibility index (Phi) is 6.45. The molecule has 1 heterocycles. The van der Waals surface area contributed by atoms with E-state index < -0.39 is 24.4 Å². The molecule has 2 aromatic carbocycles. The van der Waals surface area contributed by atoms with E-state index in [1.807, 2.05) is 12.1 Å². The number of nitrogens with one attached hydrogen (secondary N) is 1. The van der Waals surface area contributed by atoms with Crippen LogP contribution < -0.4 is 5.32 Å². The Labute approximate surface area is 163 Å². The van der Waals surface area contributed by atoms with Crippen molar-refractivity contribution in [3.8, 4) is 11.8 Å². The molecule has 6 heteroatoms. The first kappa shape index (κ1) is 20.1. The standard InChI is InChI=1S/C22H23NO5/c1-23-22(27)17-7-3-5-15(11-17)9-8-14-4-2-6-16(10-14)21-20(26)19(25)12-18(13-24)28-21/h2-7,10-11,18-21,24-26H,12-13H2,1H3,(H,23,27). The van der Waals surface area contributed by atoms with Gasteiger partial charge in [-0.2, -0.15) is 0 Å². The lowest BCUT2D eigenvalue weighted by Crippen LogP contribution is -2.44. The minimum Gasteiger partial charge on any atom is -0.394 e. The number of aliphatic hydroxyl groups excluding tert-OH is 3. The predicted octanol–water partition coefficient (Wildman–Crippen LogP) is 0.990. The molecule has 0 bridgehead atoms. The topological polar surface area (TPSA) is 99.0 Å². The Balaban J connectivity index is 1.83. The third-order valence-electron chi connectivity index (χ3n) is 4.67. The van der Waals surface area contributed by atoms with Crippen molar-refractivity contribution in [3.05, 3.63) is 70.8 Å². The number of benzene rings is 2. The fourth-order valence-electron chi connectivity index (χ4n) is 3.17. The van der Waals surface area contributed by atoms with Crippen LogP contribution in [0.1, 0.15) is 39.6 Å². The summed E-state index contributed by atoms with van der Waals surface area (Å²) in [5, 5.41) is 32.2. The molecule has 6 nitrogen and oxygen atoms in total. The average molecular weight is 381 g/mol. The summed E-state index contributed by atoms with van der Waals surface area (Å²) in [7, 11) is 1.58. The van der Waals surface area contributed by atoms with Gasteiger partial charge in [0.1, 0.15) is 12.2 Å². The third kappa shape index (κ3) is 4.58. The molecule has 1 fully saturated rings. The van der Waals surface area contributed by atoms with Crippen molar-refractivity contribution >= 4 is 5.91 Å². The highest BCUT2D eigenvalue weighted by Crippen LogP contribution is 2.32. The van der Waals surface area contributed by atoms with E-state index in [-0.39, 0.29) is 18.9 Å². The quantitative estimate of drug-likeness (QED) is 0.595. The highest BCUT2D eigenvalue weighted by atomic mass is 16.5. The molecule has 4 atom stereocenters. The second-order valence-corrected chi connectivity index (χ2v) is 6.69. The van der Waals surface area contributed by atoms with Gasteiger partial charge < -0.3 is 25.4 Å². The van der Waals surface area contributed by atoms with Crippen LogP contribution in [0.15, 0.2) is 48.5 Å². The molecule has 0 aromatic heterocycles. The van der Waals surface area contributed by atoms with Crippen LogP contribution in [0.25, 0.3) is 0 Å². The van der Waals surface area contributed by atoms with Gasteiger partial charge in [-0.15, -0.1) is 0 Å². The van der Waals surface area contributed by atoms with Gasteiger partial charge in [-0.05, 0) is 35.9 Å². The van der Waals surface area contributed by atoms with Crippen molar-refractivity contribution in [1.82, 2.24) is 5.32 Å². The van der Waals surface area contributed by atoms with Crippen molar-refractivity contribution in [2.24, 2.45) is 0 Å². The maximum absolute atomic E-state index is 11.7. The maximum atomic E-state index is 11.7. The van der Waals surface area contributed by atoms with Crippen LogP contribution in [0.4, 0.5) is 0 Å². The maximum Gasteiger partial charge on any atom is 0.251 e. The Hall–Kier alpha value is -2.69. The molecule has 0 radical (unpaired) electrons. The molecule has 1 aliphatic rings. The molecule has 1 aliphatic heterocycles. The van der Waals surface area contributed by atoms with Crippen LogP contribution in [0, 0.1) is 11.8 Å². The molecular formula is C22H23NO5. The zero-order valence-electron chi connectivity index (χ0n) is 15.5. The van der Waals surface area contributed by atoms with Gasteiger partial charge in [-0.25, -0.2) is 0 Å². The van der Waals surface area contributed by atoms with E-state index in [4.69, 9.17) is 4.74 Å². The first-order valence-electron chi connectivity index (χ1n) is 9.08. The van der Waals surface area contributed by atoms with Gasteiger partial charge in [0, 0.05) is 30.2 Å². The first-order valence-corrected chi connectivity index (χ1v) is 9.08. The Morgan fingerprint density at radius 3 is 2.50 bits per heavy atom. The van der Waals surface area contributed by atoms with Gasteiger partial charge in [0.05, 0.1) is 18.8 Å². The monoisotopic (exact) mass is 381 g/mol. The molecule has 0 aliphatic carbocycles. The number of hydrogen-bond donors (Lipinski definition) is 4. The summed E-state index contributed by atoms with van der Waals surface area (Å²) in [6.45, 7) is -0.221. The summed E-state index contributed by atoms with van der Waals surface area (Å²) in [6.07, 6.45) is -3.10. The van der Waals surface area contributed by atoms with Crippen molar-refractivity contribution < 1.29 is 24.9 Å². The third-order valence-corrected chi connectivity index (χ3v) is 4.67. The molecule has 4 unspecified atom stereocenters. The van der Waals surface area contributed by atoms with Gasteiger partial charge in [-0.1, -0.05) is 30.0 Å². The second-order valence-electron chi connectivity index (χ2n) is 6.69. The number of amides is 1. The molecule has 1 saturated heterocycles. The molecule has 3 rings (SSSR count). The predicted molar refractivity (Wildman–Crippen MR) is 104 cm³/mol. The van der Waals surface area contributed by atoms with Crippen LogP contribution in [0.5, 0.6) is 0 Å². The lowest BCUT2D eigenvalue weighted by molar-refractivity contribution is -0.179. The molecular weight excluding hydrogens is 358 g/mol. The van der Waals surface area contributed by atoms with Gasteiger partial charge >= 0.3 is 0 Å². The summed E-state index contributed by atoms with van der Waals surface area (Å²) in [6, 6.07) is 14.2. The van der Waals surface area contributed by atoms with E-state index in [0.717, 1.165) is 0 Å². The molecule has 146 valence electrons. The van der Waals surface area contributed by atoms with Gasteiger partial charge in [0.25, 0.3) is 5.91 Å². The summed E-state index contributed by atoms with van der Waals surface area (Å²) in [4.78, 5) is 11.7. The number of rotatable bonds is 3. The summed E-state index contributed by atoms with van der Waals surface area (Å²) in [5.74, 6) is 5.90. The summed E-state index contributed by atoms with van der Waals surface area (Å²) in [5.41, 5.74) is 2.62. The van der Waals surface area contributed by atoms with Crippen molar-refractivity contribution in [2.45, 2.75) is 30.8 Å². The zero-order chi connectivity index (χ0) is 20.1. The van der Waals surface area contributed by atoms with E-state index in [1.54, 1.807) is 43.4 Å². The van der Waals surface area contributed by atoms with Crippen molar-refractivity contribution in [1.29, 1.82) is 0 Å². The number of aliphatic hydroxyl groups is 3. The minimum atomic E-state index is -1.07. The second kappa shape index (κ2) is 9.00. The molecule has 2 aromatic rings. The molecule has 28 heavy (non-hydrogen) atoms. The van der Waals surface area contributed by atoms with E-state index in [1.165, 1.54) is 0 Å². The van der Waals surface area contributed by atoms with Gasteiger partial charge in [0.2, 0.25) is 0 Å². The summed E-state index contributed by atoms with van der Waals surface area (Å²) >= 11 is 0. The zero-order valence-corrected chi connectivity index (χ0v) is 15.5. The lowest BCUT2D eigenvalue weighted by Gasteiger charge is -2.36. The number of ether oxygens (including phenoxy) is 1. The number of hydrogen-bond acceptors (Lipinski definition) is 5. The molecule has 0 saturated carbocycles. The highest BCUT2D eigenvalue weighted by molar-refractivity contribution is 5.94. The highest BCUT2D eigenvalue weighted by Gasteiger charge is 2.37. The molecule has 0 spiro atoms. The van der Waals surface area contributed by atoms with E-state index in [9.17, 15) is 20.1 Å². The van der Waals surface area contributed by atoms with Crippen LogP contribution in [0.2, 0.25) is 0 Å². The van der Waals surface area contributed by atoms with Crippen LogP contribution in [-0.4, -0.2) is 53.2 Å². The van der Waals surface area contributed by atoms with Crippen molar-refractivity contribution in [3.63, 3.8) is 0 Å². The Bertz CT molecular complexity index is 901. The largest absolute Gasteiger partial charge is 0.394 e. The normalized spacial score (nSPS) is 24.1. The number of carbonyl (C=O) groups excluding carboxylic acids is 1. The first-order chi connectivity index (χ1) is 13.5. The van der Waals surface area contributed by atoms with Crippen LogP contribution in [-0.2, 0) is 4.74 Å². The summed E-state index contributed by atoms with van der Waals surface area (Å²) < 4.78 is 5.72. The average Bonchev–Trinajstić information content (AvgIpc) is 2.73.